The van der Waals surface area contributed by atoms with E-state index in [1.807, 2.05) is 31.2 Å². The number of hydrogen-bond donors (Lipinski definition) is 2. The molecule has 2 N–H and O–H groups in total. The molecule has 1 aromatic rings. The molecule has 0 heterocycles. The summed E-state index contributed by atoms with van der Waals surface area (Å²) in [6.45, 7) is 6.56. The molecule has 0 radical (unpaired) electrons. The third-order valence-electron chi connectivity index (χ3n) is 2.72. The van der Waals surface area contributed by atoms with Crippen LogP contribution in [0.3, 0.4) is 0 Å². The molecule has 0 aliphatic heterocycles. The minimum atomic E-state index is -1.26. The van der Waals surface area contributed by atoms with E-state index in [2.05, 4.69) is 25.9 Å². The van der Waals surface area contributed by atoms with E-state index in [0.717, 1.165) is 18.0 Å². The molecule has 0 saturated heterocycles. The highest BCUT2D eigenvalue weighted by Crippen LogP contribution is 2.26. The highest BCUT2D eigenvalue weighted by molar-refractivity contribution is 5.89. The van der Waals surface area contributed by atoms with Crippen LogP contribution in [0.2, 0.25) is 0 Å². The van der Waals surface area contributed by atoms with Gasteiger partial charge in [-0.15, -0.1) is 0 Å². The van der Waals surface area contributed by atoms with Crippen LogP contribution in [0.4, 0.5) is 0 Å². The van der Waals surface area contributed by atoms with Crippen LogP contribution < -0.4 is 9.47 Å². The van der Waals surface area contributed by atoms with Crippen molar-refractivity contribution in [3.8, 4) is 11.5 Å². The summed E-state index contributed by atoms with van der Waals surface area (Å²) in [6, 6.07) is 7.82. The molecule has 0 saturated carbocycles. The number of ether oxygens (including phenoxy) is 2. The van der Waals surface area contributed by atoms with E-state index in [1.54, 1.807) is 0 Å². The average Bonchev–Trinajstić information content (AvgIpc) is 2.52. The van der Waals surface area contributed by atoms with Crippen molar-refractivity contribution in [3.05, 3.63) is 36.4 Å². The van der Waals surface area contributed by atoms with E-state index in [0.29, 0.717) is 31.3 Å². The van der Waals surface area contributed by atoms with Crippen LogP contribution >= 0.6 is 0 Å². The second-order valence-electron chi connectivity index (χ2n) is 5.57. The summed E-state index contributed by atoms with van der Waals surface area (Å²) in [5.74, 6) is -0.355. The van der Waals surface area contributed by atoms with E-state index < -0.39 is 11.9 Å². The minimum absolute atomic E-state index is 0.500. The van der Waals surface area contributed by atoms with Crippen molar-refractivity contribution in [3.63, 3.8) is 0 Å². The second-order valence-corrected chi connectivity index (χ2v) is 5.57. The summed E-state index contributed by atoms with van der Waals surface area (Å²) in [4.78, 5) is 21.3. The fourth-order valence-electron chi connectivity index (χ4n) is 1.89. The predicted molar refractivity (Wildman–Crippen MR) is 95.2 cm³/mol. The number of nitrogens with zero attached hydrogens (tertiary/aromatic N) is 1. The van der Waals surface area contributed by atoms with Gasteiger partial charge in [-0.3, -0.25) is 0 Å². The van der Waals surface area contributed by atoms with Gasteiger partial charge in [0.05, 0.1) is 13.2 Å². The van der Waals surface area contributed by atoms with Crippen molar-refractivity contribution >= 4 is 11.9 Å². The lowest BCUT2D eigenvalue weighted by molar-refractivity contribution is -0.134. The number of hydrogen-bond acceptors (Lipinski definition) is 5. The summed E-state index contributed by atoms with van der Waals surface area (Å²) in [5, 5.41) is 15.6. The number of carbonyl (C=O) groups is 2. The van der Waals surface area contributed by atoms with Crippen LogP contribution in [-0.2, 0) is 9.59 Å². The number of benzene rings is 1. The zero-order valence-electron chi connectivity index (χ0n) is 15.1. The first kappa shape index (κ1) is 22.5. The third-order valence-corrected chi connectivity index (χ3v) is 2.72. The van der Waals surface area contributed by atoms with Gasteiger partial charge in [0.25, 0.3) is 0 Å². The van der Waals surface area contributed by atoms with E-state index in [9.17, 15) is 9.59 Å². The topological polar surface area (TPSA) is 96.3 Å². The second kappa shape index (κ2) is 12.8. The molecule has 1 unspecified atom stereocenters. The van der Waals surface area contributed by atoms with Gasteiger partial charge >= 0.3 is 11.9 Å². The number of aliphatic carboxylic acids is 2. The number of carboxylic acid groups (broad SMARTS) is 2. The van der Waals surface area contributed by atoms with Crippen LogP contribution in [0.25, 0.3) is 0 Å². The smallest absolute Gasteiger partial charge is 0.328 e. The number of carboxylic acids is 2. The average molecular weight is 353 g/mol. The molecule has 7 heteroatoms. The Labute approximate surface area is 148 Å². The van der Waals surface area contributed by atoms with Crippen LogP contribution in [-0.4, -0.2) is 60.9 Å². The lowest BCUT2D eigenvalue weighted by atomic mass is 10.2. The predicted octanol–water partition coefficient (Wildman–Crippen LogP) is 2.37. The third kappa shape index (κ3) is 12.5. The maximum Gasteiger partial charge on any atom is 0.328 e. The van der Waals surface area contributed by atoms with Crippen LogP contribution in [0.1, 0.15) is 13.8 Å². The van der Waals surface area contributed by atoms with Gasteiger partial charge in [0.15, 0.2) is 11.5 Å². The molecule has 0 bridgehead atoms. The Bertz CT molecular complexity index is 540. The Morgan fingerprint density at radius 1 is 1.08 bits per heavy atom. The summed E-state index contributed by atoms with van der Waals surface area (Å²) in [5.41, 5.74) is 0. The molecule has 1 aromatic carbocycles. The van der Waals surface area contributed by atoms with Crippen LogP contribution in [0.5, 0.6) is 11.5 Å². The van der Waals surface area contributed by atoms with Crippen molar-refractivity contribution in [1.29, 1.82) is 0 Å². The molecule has 1 atom stereocenters. The fraction of sp³-hybridized carbons (Fsp3) is 0.444. The number of para-hydroxylation sites is 2. The summed E-state index contributed by atoms with van der Waals surface area (Å²) >= 11 is 0. The summed E-state index contributed by atoms with van der Waals surface area (Å²) in [7, 11) is 4.15. The minimum Gasteiger partial charge on any atom is -0.490 e. The van der Waals surface area contributed by atoms with Gasteiger partial charge in [-0.1, -0.05) is 19.1 Å². The van der Waals surface area contributed by atoms with Gasteiger partial charge in [-0.2, -0.15) is 0 Å². The first-order valence-corrected chi connectivity index (χ1v) is 7.89. The van der Waals surface area contributed by atoms with Gasteiger partial charge in [-0.05, 0) is 33.2 Å². The molecule has 25 heavy (non-hydrogen) atoms. The maximum absolute atomic E-state index is 9.55. The van der Waals surface area contributed by atoms with Gasteiger partial charge in [0.2, 0.25) is 0 Å². The fourth-order valence-corrected chi connectivity index (χ4v) is 1.89. The van der Waals surface area contributed by atoms with Crippen molar-refractivity contribution < 1.29 is 29.3 Å². The highest BCUT2D eigenvalue weighted by atomic mass is 16.5. The van der Waals surface area contributed by atoms with Gasteiger partial charge in [0.1, 0.15) is 0 Å². The lowest BCUT2D eigenvalue weighted by Crippen LogP contribution is -2.24. The molecule has 0 fully saturated rings. The van der Waals surface area contributed by atoms with E-state index in [4.69, 9.17) is 19.7 Å². The molecule has 0 aliphatic rings. The first-order chi connectivity index (χ1) is 11.8. The Hall–Kier alpha value is -2.54. The first-order valence-electron chi connectivity index (χ1n) is 7.89. The Morgan fingerprint density at radius 2 is 1.56 bits per heavy atom. The molecule has 140 valence electrons. The zero-order valence-corrected chi connectivity index (χ0v) is 15.1. The number of rotatable bonds is 9. The zero-order chi connectivity index (χ0) is 19.2. The molecule has 0 spiro atoms. The maximum atomic E-state index is 9.55. The molecule has 0 aliphatic carbocycles. The van der Waals surface area contributed by atoms with E-state index in [1.165, 1.54) is 0 Å². The molecule has 7 nitrogen and oxygen atoms in total. The normalized spacial score (nSPS) is 11.6. The standard InChI is InChI=1S/C14H23NO2.C4H4O4/c1-5-16-13-8-6-7-9-14(13)17-11-12(2)10-15(3)4;5-3(6)1-2-4(7)8/h6-9,12H,5,10-11H2,1-4H3;1-2H,(H,5,6)(H,7,8)/b;2-1+. The summed E-state index contributed by atoms with van der Waals surface area (Å²) < 4.78 is 11.3. The van der Waals surface area contributed by atoms with Crippen molar-refractivity contribution in [1.82, 2.24) is 4.90 Å². The quantitative estimate of drug-likeness (QED) is 0.658. The SMILES string of the molecule is CCOc1ccccc1OCC(C)CN(C)C.O=C(O)/C=C/C(=O)O. The Morgan fingerprint density at radius 3 is 1.96 bits per heavy atom. The van der Waals surface area contributed by atoms with Crippen LogP contribution in [0, 0.1) is 5.92 Å². The molecule has 0 amide bonds. The van der Waals surface area contributed by atoms with Gasteiger partial charge in [0, 0.05) is 24.6 Å². The van der Waals surface area contributed by atoms with Crippen molar-refractivity contribution in [2.45, 2.75) is 13.8 Å². The van der Waals surface area contributed by atoms with E-state index in [-0.39, 0.29) is 0 Å². The van der Waals surface area contributed by atoms with Crippen LogP contribution in [0.15, 0.2) is 36.4 Å². The van der Waals surface area contributed by atoms with Gasteiger partial charge in [-0.25, -0.2) is 9.59 Å². The van der Waals surface area contributed by atoms with Crippen molar-refractivity contribution in [2.75, 3.05) is 33.9 Å². The summed E-state index contributed by atoms with van der Waals surface area (Å²) in [6.07, 6.45) is 1.12. The monoisotopic (exact) mass is 353 g/mol. The Balaban J connectivity index is 0.000000609. The highest BCUT2D eigenvalue weighted by Gasteiger charge is 2.07. The largest absolute Gasteiger partial charge is 0.490 e. The molecule has 0 aromatic heterocycles. The van der Waals surface area contributed by atoms with Crippen molar-refractivity contribution in [2.24, 2.45) is 5.92 Å². The molecule has 1 rings (SSSR count). The molecular weight excluding hydrogens is 326 g/mol. The van der Waals surface area contributed by atoms with Gasteiger partial charge < -0.3 is 24.6 Å². The van der Waals surface area contributed by atoms with E-state index >= 15 is 0 Å². The Kier molecular flexibility index (Phi) is 11.5. The molecular formula is C18H27NO6. The lowest BCUT2D eigenvalue weighted by Gasteiger charge is -2.18.